The number of hydrogen-bond donors (Lipinski definition) is 8. The quantitative estimate of drug-likeness (QED) is 0.167. The van der Waals surface area contributed by atoms with Gasteiger partial charge < -0.3 is 42.5 Å². The van der Waals surface area contributed by atoms with E-state index in [2.05, 4.69) is 23.1 Å². The lowest BCUT2D eigenvalue weighted by Gasteiger charge is -2.40. The van der Waals surface area contributed by atoms with Gasteiger partial charge in [-0.05, 0) is 124 Å². The fourth-order valence-electron chi connectivity index (χ4n) is 10.2. The van der Waals surface area contributed by atoms with Gasteiger partial charge in [0.05, 0.1) is 24.4 Å². The Hall–Kier alpha value is 0.1000. The molecule has 0 saturated heterocycles. The van der Waals surface area contributed by atoms with Crippen molar-refractivity contribution in [3.8, 4) is 0 Å². The van der Waals surface area contributed by atoms with Gasteiger partial charge >= 0.3 is 0 Å². The van der Waals surface area contributed by atoms with E-state index in [-0.39, 0.29) is 24.4 Å². The molecule has 0 aromatic rings. The van der Waals surface area contributed by atoms with Crippen molar-refractivity contribution in [3.63, 3.8) is 0 Å². The number of nitrogens with one attached hydrogen (secondary N) is 2. The first-order chi connectivity index (χ1) is 23.0. The Morgan fingerprint density at radius 2 is 0.729 bits per heavy atom. The molecule has 0 unspecified atom stereocenters. The van der Waals surface area contributed by atoms with Crippen LogP contribution in [0, 0.1) is 47.3 Å². The van der Waals surface area contributed by atoms with Crippen molar-refractivity contribution in [2.24, 2.45) is 58.8 Å². The molecule has 0 bridgehead atoms. The highest BCUT2D eigenvalue weighted by atomic mass is 32.2. The molecule has 8 fully saturated rings. The average molecular weight is 749 g/mol. The molecule has 8 saturated carbocycles. The summed E-state index contributed by atoms with van der Waals surface area (Å²) in [4.78, 5) is 20.5. The lowest BCUT2D eigenvalue weighted by atomic mass is 9.71. The molecule has 0 aromatic carbocycles. The number of thioether (sulfide) groups is 4. The van der Waals surface area contributed by atoms with Gasteiger partial charge in [-0.2, -0.15) is 47.0 Å². The maximum Gasteiger partial charge on any atom is 0.207 e. The zero-order valence-corrected chi connectivity index (χ0v) is 32.0. The number of amides is 2. The molecule has 20 atom stereocenters. The van der Waals surface area contributed by atoms with Crippen LogP contribution in [0.15, 0.2) is 0 Å². The molecule has 276 valence electrons. The highest BCUT2D eigenvalue weighted by Crippen LogP contribution is 2.52. The molecular weight excluding hydrogens is 689 g/mol. The molecule has 14 heteroatoms. The first-order valence-corrected chi connectivity index (χ1v) is 22.9. The van der Waals surface area contributed by atoms with Crippen LogP contribution in [0.2, 0.25) is 0 Å². The Morgan fingerprint density at radius 1 is 0.458 bits per heavy atom. The van der Waals surface area contributed by atoms with Crippen LogP contribution in [0.4, 0.5) is 0 Å². The van der Waals surface area contributed by atoms with Crippen LogP contribution in [-0.2, 0) is 9.59 Å². The predicted molar refractivity (Wildman–Crippen MR) is 200 cm³/mol. The summed E-state index contributed by atoms with van der Waals surface area (Å²) in [7, 11) is 0. The van der Waals surface area contributed by atoms with E-state index in [1.54, 1.807) is 47.0 Å². The summed E-state index contributed by atoms with van der Waals surface area (Å²) in [6, 6.07) is 1.42. The van der Waals surface area contributed by atoms with Crippen molar-refractivity contribution in [1.82, 2.24) is 10.6 Å². The topological polar surface area (TPSA) is 191 Å². The van der Waals surface area contributed by atoms with Crippen molar-refractivity contribution < 1.29 is 30.0 Å². The molecular formula is C34H60N4O6S4. The standard InChI is InChI=1S/2C9H15NO2S.2C8H15NOS/c2*1-13-8-3-5-6(9(8)12)2-7(5)10-4-11;2*1-11-7-3-4-5(8(7)10)2-6(4)9/h2*4-9,12H,2-3H2,1H3,(H,10,11);2*4-8,10H,2-3,9H2,1H3/t2*5-,6-,7+,8+,9+;2*4-,5-,6+,7+,8+/m1010/s1. The Kier molecular flexibility index (Phi) is 14.2. The van der Waals surface area contributed by atoms with E-state index >= 15 is 0 Å². The maximum atomic E-state index is 10.3. The van der Waals surface area contributed by atoms with Crippen molar-refractivity contribution in [2.75, 3.05) is 25.0 Å². The first kappa shape index (κ1) is 39.3. The van der Waals surface area contributed by atoms with E-state index in [0.29, 0.717) is 92.5 Å². The van der Waals surface area contributed by atoms with Crippen molar-refractivity contribution in [2.45, 2.75) is 121 Å². The summed E-state index contributed by atoms with van der Waals surface area (Å²) in [6.45, 7) is 0. The van der Waals surface area contributed by atoms with E-state index in [4.69, 9.17) is 11.5 Å². The number of aliphatic hydroxyl groups is 4. The molecule has 8 aliphatic carbocycles. The predicted octanol–water partition coefficient (Wildman–Crippen LogP) is 1.36. The smallest absolute Gasteiger partial charge is 0.207 e. The average Bonchev–Trinajstić information content (AvgIpc) is 3.67. The number of fused-ring (bicyclic) bond motifs is 4. The van der Waals surface area contributed by atoms with Gasteiger partial charge in [0.2, 0.25) is 12.8 Å². The van der Waals surface area contributed by atoms with Crippen LogP contribution in [-0.4, -0.2) is 128 Å². The second-order valence-corrected chi connectivity index (χ2v) is 19.7. The molecule has 0 aromatic heterocycles. The molecule has 0 radical (unpaired) electrons. The third-order valence-electron chi connectivity index (χ3n) is 13.5. The number of carbonyl (C=O) groups excluding carboxylic acids is 2. The van der Waals surface area contributed by atoms with Crippen LogP contribution in [0.3, 0.4) is 0 Å². The minimum atomic E-state index is -0.148. The van der Waals surface area contributed by atoms with E-state index < -0.39 is 0 Å². The van der Waals surface area contributed by atoms with Gasteiger partial charge in [0.1, 0.15) is 0 Å². The third kappa shape index (κ3) is 7.74. The van der Waals surface area contributed by atoms with Gasteiger partial charge in [-0.3, -0.25) is 9.59 Å². The van der Waals surface area contributed by atoms with Gasteiger partial charge in [0.15, 0.2) is 0 Å². The molecule has 10 N–H and O–H groups in total. The second kappa shape index (κ2) is 17.3. The summed E-state index contributed by atoms with van der Waals surface area (Å²) in [6.07, 6.45) is 17.7. The SMILES string of the molecule is CS[C@@H]1C[C@H]2[C@H](C[C@H]2N)[C@H]1O.CS[C@@H]1C[C@H]2[C@H](C[C@H]2NC=O)[C@H]1O.CS[C@H]1C[C@@H]2[C@@H](C[C@@H]2N)[C@@H]1O.CS[C@H]1C[C@@H]2[C@@H](C[C@@H]2NC=O)[C@@H]1O. The second-order valence-electron chi connectivity index (χ2n) is 15.4. The number of carbonyl (C=O) groups is 2. The number of nitrogens with two attached hydrogens (primary N) is 2. The Morgan fingerprint density at radius 3 is 0.958 bits per heavy atom. The molecule has 0 heterocycles. The molecule has 0 spiro atoms. The molecule has 8 aliphatic rings. The highest BCUT2D eigenvalue weighted by molar-refractivity contribution is 7.99. The first-order valence-electron chi connectivity index (χ1n) is 17.8. The van der Waals surface area contributed by atoms with Crippen LogP contribution in [0.25, 0.3) is 0 Å². The summed E-state index contributed by atoms with van der Waals surface area (Å²) in [5, 5.41) is 46.4. The van der Waals surface area contributed by atoms with Crippen molar-refractivity contribution >= 4 is 59.9 Å². The van der Waals surface area contributed by atoms with Crippen LogP contribution < -0.4 is 22.1 Å². The van der Waals surface area contributed by atoms with Gasteiger partial charge in [-0.15, -0.1) is 0 Å². The van der Waals surface area contributed by atoms with Crippen LogP contribution >= 0.6 is 47.0 Å². The van der Waals surface area contributed by atoms with Crippen LogP contribution in [0.1, 0.15) is 51.4 Å². The van der Waals surface area contributed by atoms with Gasteiger partial charge in [0.25, 0.3) is 0 Å². The van der Waals surface area contributed by atoms with E-state index in [1.807, 2.05) is 12.5 Å². The number of aliphatic hydroxyl groups excluding tert-OH is 4. The van der Waals surface area contributed by atoms with E-state index in [9.17, 15) is 30.0 Å². The summed E-state index contributed by atoms with van der Waals surface area (Å²) >= 11 is 7.05. The Bertz CT molecular complexity index is 975. The summed E-state index contributed by atoms with van der Waals surface area (Å²) in [5.41, 5.74) is 11.6. The fourth-order valence-corrected chi connectivity index (χ4v) is 13.8. The number of rotatable bonds is 8. The molecule has 2 amide bonds. The third-order valence-corrected chi connectivity index (χ3v) is 17.9. The molecule has 48 heavy (non-hydrogen) atoms. The molecule has 8 rings (SSSR count). The summed E-state index contributed by atoms with van der Waals surface area (Å²) < 4.78 is 0. The molecule has 0 aliphatic heterocycles. The van der Waals surface area contributed by atoms with Crippen molar-refractivity contribution in [3.05, 3.63) is 0 Å². The lowest BCUT2D eigenvalue weighted by molar-refractivity contribution is -0.112. The number of hydrogen-bond acceptors (Lipinski definition) is 12. The minimum absolute atomic E-state index is 0.0743. The fraction of sp³-hybridized carbons (Fsp3) is 0.941. The van der Waals surface area contributed by atoms with E-state index in [0.717, 1.165) is 64.2 Å². The Labute approximate surface area is 304 Å². The molecule has 10 nitrogen and oxygen atoms in total. The largest absolute Gasteiger partial charge is 0.392 e. The van der Waals surface area contributed by atoms with Gasteiger partial charge in [-0.25, -0.2) is 0 Å². The van der Waals surface area contributed by atoms with E-state index in [1.165, 1.54) is 0 Å². The normalized spacial score (nSPS) is 51.4. The maximum absolute atomic E-state index is 10.3. The van der Waals surface area contributed by atoms with Gasteiger partial charge in [-0.1, -0.05) is 0 Å². The Balaban J connectivity index is 0.000000126. The monoisotopic (exact) mass is 748 g/mol. The van der Waals surface area contributed by atoms with Gasteiger partial charge in [0, 0.05) is 45.2 Å². The van der Waals surface area contributed by atoms with Crippen molar-refractivity contribution in [1.29, 1.82) is 0 Å². The zero-order valence-electron chi connectivity index (χ0n) is 28.8. The zero-order chi connectivity index (χ0) is 34.9. The highest BCUT2D eigenvalue weighted by Gasteiger charge is 2.55. The summed E-state index contributed by atoms with van der Waals surface area (Å²) in [5.74, 6) is 4.25. The lowest BCUT2D eigenvalue weighted by Crippen LogP contribution is -2.50. The minimum Gasteiger partial charge on any atom is -0.392 e. The van der Waals surface area contributed by atoms with Crippen LogP contribution in [0.5, 0.6) is 0 Å².